The average Bonchev–Trinajstić information content (AvgIpc) is 2.48. The molecule has 0 spiro atoms. The van der Waals surface area contributed by atoms with Crippen LogP contribution in [0.2, 0.25) is 0 Å². The minimum absolute atomic E-state index is 0.141. The molecule has 0 bridgehead atoms. The molecule has 0 aliphatic rings. The zero-order chi connectivity index (χ0) is 15.7. The van der Waals surface area contributed by atoms with Crippen molar-refractivity contribution in [3.05, 3.63) is 24.3 Å². The van der Waals surface area contributed by atoms with Gasteiger partial charge in [-0.2, -0.15) is 0 Å². The van der Waals surface area contributed by atoms with Crippen molar-refractivity contribution in [1.82, 2.24) is 5.32 Å². The average molecular weight is 291 g/mol. The molecule has 0 saturated heterocycles. The van der Waals surface area contributed by atoms with Gasteiger partial charge >= 0.3 is 0 Å². The van der Waals surface area contributed by atoms with Crippen LogP contribution in [0.3, 0.4) is 0 Å². The van der Waals surface area contributed by atoms with Gasteiger partial charge in [0, 0.05) is 31.0 Å². The lowest BCUT2D eigenvalue weighted by atomic mass is 10.2. The first kappa shape index (κ1) is 17.0. The molecule has 1 aromatic rings. The first-order chi connectivity index (χ1) is 10.1. The van der Waals surface area contributed by atoms with Crippen molar-refractivity contribution in [2.45, 2.75) is 33.6 Å². The Morgan fingerprint density at radius 3 is 2.14 bits per heavy atom. The summed E-state index contributed by atoms with van der Waals surface area (Å²) in [5, 5.41) is 5.41. The summed E-state index contributed by atoms with van der Waals surface area (Å²) in [6.07, 6.45) is 0.720. The molecule has 116 valence electrons. The van der Waals surface area contributed by atoms with Crippen LogP contribution in [-0.2, 0) is 9.59 Å². The highest BCUT2D eigenvalue weighted by Crippen LogP contribution is 2.17. The van der Waals surface area contributed by atoms with E-state index in [9.17, 15) is 9.59 Å². The Morgan fingerprint density at radius 1 is 1.00 bits per heavy atom. The molecule has 5 heteroatoms. The number of nitrogens with zero attached hydrogens (tertiary/aromatic N) is 1. The van der Waals surface area contributed by atoms with Crippen LogP contribution in [0.15, 0.2) is 24.3 Å². The molecular weight excluding hydrogens is 266 g/mol. The van der Waals surface area contributed by atoms with Crippen LogP contribution in [0.5, 0.6) is 0 Å². The maximum absolute atomic E-state index is 11.7. The number of hydrogen-bond donors (Lipinski definition) is 2. The predicted octanol–water partition coefficient (Wildman–Crippen LogP) is 2.39. The fourth-order valence-corrected chi connectivity index (χ4v) is 2.02. The van der Waals surface area contributed by atoms with Crippen molar-refractivity contribution in [2.75, 3.05) is 29.9 Å². The quantitative estimate of drug-likeness (QED) is 0.723. The summed E-state index contributed by atoms with van der Waals surface area (Å²) in [4.78, 5) is 25.4. The van der Waals surface area contributed by atoms with Gasteiger partial charge in [0.2, 0.25) is 11.8 Å². The van der Waals surface area contributed by atoms with E-state index in [1.54, 1.807) is 0 Å². The van der Waals surface area contributed by atoms with Gasteiger partial charge < -0.3 is 15.5 Å². The van der Waals surface area contributed by atoms with E-state index in [0.29, 0.717) is 12.2 Å². The van der Waals surface area contributed by atoms with Crippen LogP contribution < -0.4 is 15.5 Å². The molecule has 2 amide bonds. The lowest BCUT2D eigenvalue weighted by Gasteiger charge is -2.21. The first-order valence-corrected chi connectivity index (χ1v) is 7.52. The Bertz CT molecular complexity index is 453. The fraction of sp³-hybridized carbons (Fsp3) is 0.500. The van der Waals surface area contributed by atoms with Crippen molar-refractivity contribution < 1.29 is 9.59 Å². The molecule has 1 aromatic carbocycles. The monoisotopic (exact) mass is 291 g/mol. The fourth-order valence-electron chi connectivity index (χ4n) is 2.02. The van der Waals surface area contributed by atoms with E-state index >= 15 is 0 Å². The number of amides is 2. The van der Waals surface area contributed by atoms with E-state index in [0.717, 1.165) is 25.2 Å². The van der Waals surface area contributed by atoms with Crippen LogP contribution in [0.1, 0.15) is 33.6 Å². The normalized spacial score (nSPS) is 10.0. The second-order valence-electron chi connectivity index (χ2n) is 4.79. The van der Waals surface area contributed by atoms with E-state index < -0.39 is 0 Å². The maximum atomic E-state index is 11.7. The third kappa shape index (κ3) is 5.85. The molecule has 0 heterocycles. The van der Waals surface area contributed by atoms with Gasteiger partial charge in [0.15, 0.2) is 0 Å². The van der Waals surface area contributed by atoms with E-state index in [2.05, 4.69) is 29.4 Å². The molecule has 0 fully saturated rings. The van der Waals surface area contributed by atoms with Crippen LogP contribution >= 0.6 is 0 Å². The molecule has 0 atom stereocenters. The van der Waals surface area contributed by atoms with Crippen LogP contribution in [0.25, 0.3) is 0 Å². The lowest BCUT2D eigenvalue weighted by molar-refractivity contribution is -0.126. The minimum atomic E-state index is -0.292. The third-order valence-electron chi connectivity index (χ3n) is 3.17. The molecule has 0 radical (unpaired) electrons. The van der Waals surface area contributed by atoms with Crippen LogP contribution in [0.4, 0.5) is 11.4 Å². The Balaban J connectivity index is 2.51. The number of carbonyl (C=O) groups excluding carboxylic acids is 2. The van der Waals surface area contributed by atoms with Gasteiger partial charge in [0.05, 0.1) is 0 Å². The highest BCUT2D eigenvalue weighted by Gasteiger charge is 2.09. The van der Waals surface area contributed by atoms with E-state index in [1.807, 2.05) is 31.2 Å². The Kier molecular flexibility index (Phi) is 7.29. The highest BCUT2D eigenvalue weighted by atomic mass is 16.2. The Labute approximate surface area is 126 Å². The van der Waals surface area contributed by atoms with Crippen molar-refractivity contribution in [2.24, 2.45) is 0 Å². The topological polar surface area (TPSA) is 61.4 Å². The smallest absolute Gasteiger partial charge is 0.233 e. The van der Waals surface area contributed by atoms with Crippen molar-refractivity contribution in [3.8, 4) is 0 Å². The second-order valence-corrected chi connectivity index (χ2v) is 4.79. The van der Waals surface area contributed by atoms with Crippen molar-refractivity contribution in [1.29, 1.82) is 0 Å². The summed E-state index contributed by atoms with van der Waals surface area (Å²) in [5.74, 6) is -0.534. The first-order valence-electron chi connectivity index (χ1n) is 7.52. The number of rotatable bonds is 8. The number of hydrogen-bond acceptors (Lipinski definition) is 3. The highest BCUT2D eigenvalue weighted by molar-refractivity contribution is 6.03. The number of anilines is 2. The van der Waals surface area contributed by atoms with E-state index in [4.69, 9.17) is 0 Å². The third-order valence-corrected chi connectivity index (χ3v) is 3.17. The molecule has 0 aliphatic heterocycles. The largest absolute Gasteiger partial charge is 0.372 e. The minimum Gasteiger partial charge on any atom is -0.372 e. The molecule has 5 nitrogen and oxygen atoms in total. The SMILES string of the molecule is CCCNC(=O)CC(=O)Nc1ccc(N(CC)CC)cc1. The molecule has 0 aromatic heterocycles. The van der Waals surface area contributed by atoms with Crippen LogP contribution in [-0.4, -0.2) is 31.4 Å². The van der Waals surface area contributed by atoms with Gasteiger partial charge in [-0.15, -0.1) is 0 Å². The van der Waals surface area contributed by atoms with Crippen molar-refractivity contribution >= 4 is 23.2 Å². The Morgan fingerprint density at radius 2 is 1.62 bits per heavy atom. The van der Waals surface area contributed by atoms with Gasteiger partial charge in [-0.1, -0.05) is 6.92 Å². The Hall–Kier alpha value is -2.04. The zero-order valence-corrected chi connectivity index (χ0v) is 13.1. The zero-order valence-electron chi connectivity index (χ0n) is 13.1. The van der Waals surface area contributed by atoms with E-state index in [1.165, 1.54) is 0 Å². The summed E-state index contributed by atoms with van der Waals surface area (Å²) < 4.78 is 0. The molecule has 0 aliphatic carbocycles. The summed E-state index contributed by atoms with van der Waals surface area (Å²) in [6, 6.07) is 7.66. The molecule has 0 saturated carbocycles. The van der Waals surface area contributed by atoms with Gasteiger partial charge in [-0.3, -0.25) is 9.59 Å². The predicted molar refractivity (Wildman–Crippen MR) is 86.6 cm³/mol. The number of carbonyl (C=O) groups is 2. The number of nitrogens with one attached hydrogen (secondary N) is 2. The van der Waals surface area contributed by atoms with Crippen molar-refractivity contribution in [3.63, 3.8) is 0 Å². The standard InChI is InChI=1S/C16H25N3O2/c1-4-11-17-15(20)12-16(21)18-13-7-9-14(10-8-13)19(5-2)6-3/h7-10H,4-6,11-12H2,1-3H3,(H,17,20)(H,18,21). The summed E-state index contributed by atoms with van der Waals surface area (Å²) in [5.41, 5.74) is 1.83. The molecule has 21 heavy (non-hydrogen) atoms. The summed E-state index contributed by atoms with van der Waals surface area (Å²) >= 11 is 0. The molecular formula is C16H25N3O2. The summed E-state index contributed by atoms with van der Waals surface area (Å²) in [7, 11) is 0. The summed E-state index contributed by atoms with van der Waals surface area (Å²) in [6.45, 7) is 8.67. The van der Waals surface area contributed by atoms with Gasteiger partial charge in [-0.05, 0) is 44.5 Å². The number of benzene rings is 1. The molecule has 2 N–H and O–H groups in total. The molecule has 0 unspecified atom stereocenters. The maximum Gasteiger partial charge on any atom is 0.233 e. The molecule has 1 rings (SSSR count). The van der Waals surface area contributed by atoms with Gasteiger partial charge in [0.1, 0.15) is 6.42 Å². The lowest BCUT2D eigenvalue weighted by Crippen LogP contribution is -2.28. The second kappa shape index (κ2) is 9.00. The van der Waals surface area contributed by atoms with E-state index in [-0.39, 0.29) is 18.2 Å². The van der Waals surface area contributed by atoms with Gasteiger partial charge in [-0.25, -0.2) is 0 Å². The van der Waals surface area contributed by atoms with Crippen LogP contribution in [0, 0.1) is 0 Å². The van der Waals surface area contributed by atoms with Gasteiger partial charge in [0.25, 0.3) is 0 Å².